The van der Waals surface area contributed by atoms with Crippen molar-refractivity contribution >= 4 is 12.0 Å². The van der Waals surface area contributed by atoms with Crippen LogP contribution in [-0.4, -0.2) is 41.1 Å². The van der Waals surface area contributed by atoms with E-state index in [9.17, 15) is 9.59 Å². The Kier molecular flexibility index (Phi) is 6.08. The number of aliphatic carboxylic acids is 1. The lowest BCUT2D eigenvalue weighted by atomic mass is 9.97. The third-order valence-electron chi connectivity index (χ3n) is 4.41. The Hall–Kier alpha value is -1.52. The molecule has 0 bridgehead atoms. The number of urea groups is 1. The molecule has 2 N–H and O–H groups in total. The number of rotatable bonds is 5. The molecule has 0 spiro atoms. The number of amides is 2. The number of carboxylic acid groups (broad SMARTS) is 1. The van der Waals surface area contributed by atoms with Gasteiger partial charge < -0.3 is 15.3 Å². The molecule has 0 saturated carbocycles. The van der Waals surface area contributed by atoms with Gasteiger partial charge in [0.15, 0.2) is 0 Å². The van der Waals surface area contributed by atoms with E-state index in [-0.39, 0.29) is 18.5 Å². The topological polar surface area (TPSA) is 69.6 Å². The van der Waals surface area contributed by atoms with E-state index in [1.165, 1.54) is 18.4 Å². The highest BCUT2D eigenvalue weighted by atomic mass is 16.4. The van der Waals surface area contributed by atoms with Crippen molar-refractivity contribution in [3.05, 3.63) is 11.6 Å². The van der Waals surface area contributed by atoms with Gasteiger partial charge in [-0.15, -0.1) is 0 Å². The Labute approximate surface area is 126 Å². The van der Waals surface area contributed by atoms with E-state index in [0.29, 0.717) is 13.1 Å². The van der Waals surface area contributed by atoms with Crippen LogP contribution in [0.1, 0.15) is 57.8 Å². The highest BCUT2D eigenvalue weighted by Crippen LogP contribution is 2.21. The summed E-state index contributed by atoms with van der Waals surface area (Å²) < 4.78 is 0. The normalized spacial score (nSPS) is 22.6. The molecular formula is C16H26N2O3. The molecule has 21 heavy (non-hydrogen) atoms. The summed E-state index contributed by atoms with van der Waals surface area (Å²) in [6.07, 6.45) is 10.9. The summed E-state index contributed by atoms with van der Waals surface area (Å²) in [6, 6.07) is -0.248. The minimum atomic E-state index is -0.827. The number of nitrogens with one attached hydrogen (secondary N) is 1. The lowest BCUT2D eigenvalue weighted by Crippen LogP contribution is -2.49. The summed E-state index contributed by atoms with van der Waals surface area (Å²) in [4.78, 5) is 24.8. The van der Waals surface area contributed by atoms with Gasteiger partial charge in [0.05, 0.1) is 6.42 Å². The van der Waals surface area contributed by atoms with Crippen molar-refractivity contribution in [2.45, 2.75) is 63.8 Å². The van der Waals surface area contributed by atoms with Crippen LogP contribution >= 0.6 is 0 Å². The molecule has 5 heteroatoms. The maximum atomic E-state index is 12.2. The molecule has 1 aliphatic heterocycles. The standard InChI is InChI=1S/C16H26N2O3/c19-15(20)12-14-8-4-5-11-18(14)16(21)17-10-9-13-6-2-1-3-7-13/h6,14H,1-5,7-12H2,(H,17,21)(H,19,20). The molecule has 1 aliphatic carbocycles. The van der Waals surface area contributed by atoms with Crippen molar-refractivity contribution in [2.75, 3.05) is 13.1 Å². The SMILES string of the molecule is O=C(O)CC1CCCCN1C(=O)NCCC1=CCCCC1. The zero-order valence-electron chi connectivity index (χ0n) is 12.6. The van der Waals surface area contributed by atoms with Gasteiger partial charge in [0.25, 0.3) is 0 Å². The zero-order valence-corrected chi connectivity index (χ0v) is 12.6. The maximum absolute atomic E-state index is 12.2. The van der Waals surface area contributed by atoms with Gasteiger partial charge in [0.2, 0.25) is 0 Å². The summed E-state index contributed by atoms with van der Waals surface area (Å²) in [5.74, 6) is -0.827. The fourth-order valence-electron chi connectivity index (χ4n) is 3.24. The largest absolute Gasteiger partial charge is 0.481 e. The summed E-state index contributed by atoms with van der Waals surface area (Å²) in [6.45, 7) is 1.33. The first-order valence-electron chi connectivity index (χ1n) is 8.11. The third kappa shape index (κ3) is 5.06. The monoisotopic (exact) mass is 294 g/mol. The van der Waals surface area contributed by atoms with Crippen molar-refractivity contribution in [2.24, 2.45) is 0 Å². The first kappa shape index (κ1) is 15.9. The number of carboxylic acids is 1. The number of piperidine rings is 1. The third-order valence-corrected chi connectivity index (χ3v) is 4.41. The van der Waals surface area contributed by atoms with Gasteiger partial charge in [0, 0.05) is 19.1 Å². The van der Waals surface area contributed by atoms with Gasteiger partial charge >= 0.3 is 12.0 Å². The molecular weight excluding hydrogens is 268 g/mol. The highest BCUT2D eigenvalue weighted by molar-refractivity contribution is 5.76. The van der Waals surface area contributed by atoms with E-state index in [0.717, 1.165) is 38.5 Å². The molecule has 1 fully saturated rings. The molecule has 2 aliphatic rings. The zero-order chi connectivity index (χ0) is 15.1. The Morgan fingerprint density at radius 2 is 2.14 bits per heavy atom. The van der Waals surface area contributed by atoms with Crippen LogP contribution in [0.5, 0.6) is 0 Å². The second-order valence-electron chi connectivity index (χ2n) is 6.03. The fraction of sp³-hybridized carbons (Fsp3) is 0.750. The Balaban J connectivity index is 1.77. The van der Waals surface area contributed by atoms with Crippen molar-refractivity contribution in [1.29, 1.82) is 0 Å². The fourth-order valence-corrected chi connectivity index (χ4v) is 3.24. The average Bonchev–Trinajstić information content (AvgIpc) is 2.48. The Morgan fingerprint density at radius 3 is 2.86 bits per heavy atom. The minimum Gasteiger partial charge on any atom is -0.481 e. The molecule has 0 radical (unpaired) electrons. The second kappa shape index (κ2) is 8.05. The number of carbonyl (C=O) groups is 2. The van der Waals surface area contributed by atoms with E-state index in [4.69, 9.17) is 5.11 Å². The van der Waals surface area contributed by atoms with Crippen LogP contribution in [0.3, 0.4) is 0 Å². The molecule has 1 atom stereocenters. The summed E-state index contributed by atoms with van der Waals surface area (Å²) in [5.41, 5.74) is 1.45. The van der Waals surface area contributed by atoms with Crippen LogP contribution in [0.2, 0.25) is 0 Å². The first-order valence-corrected chi connectivity index (χ1v) is 8.11. The molecule has 0 aromatic heterocycles. The van der Waals surface area contributed by atoms with Gasteiger partial charge in [-0.1, -0.05) is 11.6 Å². The summed E-state index contributed by atoms with van der Waals surface area (Å²) in [5, 5.41) is 11.9. The molecule has 1 saturated heterocycles. The van der Waals surface area contributed by atoms with Crippen LogP contribution < -0.4 is 5.32 Å². The molecule has 0 aromatic rings. The molecule has 2 amide bonds. The predicted molar refractivity (Wildman–Crippen MR) is 81.2 cm³/mol. The van der Waals surface area contributed by atoms with E-state index < -0.39 is 5.97 Å². The number of hydrogen-bond donors (Lipinski definition) is 2. The van der Waals surface area contributed by atoms with Crippen molar-refractivity contribution in [3.8, 4) is 0 Å². The highest BCUT2D eigenvalue weighted by Gasteiger charge is 2.28. The number of carbonyl (C=O) groups excluding carboxylic acids is 1. The van der Waals surface area contributed by atoms with E-state index in [2.05, 4.69) is 11.4 Å². The second-order valence-corrected chi connectivity index (χ2v) is 6.03. The van der Waals surface area contributed by atoms with E-state index in [1.807, 2.05) is 0 Å². The molecule has 1 unspecified atom stereocenters. The van der Waals surface area contributed by atoms with E-state index >= 15 is 0 Å². The number of hydrogen-bond acceptors (Lipinski definition) is 2. The lowest BCUT2D eigenvalue weighted by Gasteiger charge is -2.35. The van der Waals surface area contributed by atoms with Crippen molar-refractivity contribution in [1.82, 2.24) is 10.2 Å². The van der Waals surface area contributed by atoms with Crippen LogP contribution in [-0.2, 0) is 4.79 Å². The number of nitrogens with zero attached hydrogens (tertiary/aromatic N) is 1. The van der Waals surface area contributed by atoms with Gasteiger partial charge in [-0.3, -0.25) is 4.79 Å². The average molecular weight is 294 g/mol. The predicted octanol–water partition coefficient (Wildman–Crippen LogP) is 2.92. The van der Waals surface area contributed by atoms with E-state index in [1.54, 1.807) is 4.90 Å². The van der Waals surface area contributed by atoms with Gasteiger partial charge in [-0.25, -0.2) is 4.79 Å². The minimum absolute atomic E-state index is 0.0541. The first-order chi connectivity index (χ1) is 10.2. The number of likely N-dealkylation sites (tertiary alicyclic amines) is 1. The Morgan fingerprint density at radius 1 is 1.29 bits per heavy atom. The van der Waals surface area contributed by atoms with Gasteiger partial charge in [0.1, 0.15) is 0 Å². The smallest absolute Gasteiger partial charge is 0.317 e. The van der Waals surface area contributed by atoms with Crippen LogP contribution in [0.4, 0.5) is 4.79 Å². The van der Waals surface area contributed by atoms with Crippen LogP contribution in [0.25, 0.3) is 0 Å². The summed E-state index contributed by atoms with van der Waals surface area (Å²) >= 11 is 0. The maximum Gasteiger partial charge on any atom is 0.317 e. The molecule has 2 rings (SSSR count). The van der Waals surface area contributed by atoms with Crippen LogP contribution in [0.15, 0.2) is 11.6 Å². The Bertz CT molecular complexity index is 406. The quantitative estimate of drug-likeness (QED) is 0.766. The molecule has 1 heterocycles. The molecule has 0 aromatic carbocycles. The van der Waals surface area contributed by atoms with Crippen molar-refractivity contribution in [3.63, 3.8) is 0 Å². The summed E-state index contributed by atoms with van der Waals surface area (Å²) in [7, 11) is 0. The molecule has 5 nitrogen and oxygen atoms in total. The van der Waals surface area contributed by atoms with Gasteiger partial charge in [-0.05, 0) is 51.4 Å². The molecule has 118 valence electrons. The lowest BCUT2D eigenvalue weighted by molar-refractivity contribution is -0.138. The van der Waals surface area contributed by atoms with Crippen molar-refractivity contribution < 1.29 is 14.7 Å². The van der Waals surface area contributed by atoms with Gasteiger partial charge in [-0.2, -0.15) is 0 Å². The van der Waals surface area contributed by atoms with Crippen LogP contribution in [0, 0.1) is 0 Å². The number of allylic oxidation sites excluding steroid dienone is 1.